The molecule has 6 heteroatoms. The van der Waals surface area contributed by atoms with Crippen molar-refractivity contribution in [2.24, 2.45) is 0 Å². The Kier molecular flexibility index (Phi) is 11.4. The lowest BCUT2D eigenvalue weighted by molar-refractivity contribution is -0.923. The molecule has 0 fully saturated rings. The van der Waals surface area contributed by atoms with E-state index in [-0.39, 0.29) is 39.5 Å². The van der Waals surface area contributed by atoms with Gasteiger partial charge in [0, 0.05) is 22.8 Å². The van der Waals surface area contributed by atoms with Crippen LogP contribution >= 0.6 is 0 Å². The van der Waals surface area contributed by atoms with E-state index in [1.807, 2.05) is 0 Å². The molecule has 0 aliphatic heterocycles. The van der Waals surface area contributed by atoms with Gasteiger partial charge in [0.15, 0.2) is 5.78 Å². The van der Waals surface area contributed by atoms with E-state index in [1.165, 1.54) is 83.5 Å². The number of rotatable bonds is 17. The van der Waals surface area contributed by atoms with Gasteiger partial charge in [0.1, 0.15) is 23.8 Å². The summed E-state index contributed by atoms with van der Waals surface area (Å²) in [7, 11) is 3.72. The predicted octanol–water partition coefficient (Wildman–Crippen LogP) is 7.55. The van der Waals surface area contributed by atoms with Gasteiger partial charge in [0.25, 0.3) is 0 Å². The zero-order valence-electron chi connectivity index (χ0n) is 24.5. The zero-order chi connectivity index (χ0) is 28.4. The number of carbonyl (C=O) groups is 2. The Morgan fingerprint density at radius 3 is 1.69 bits per heavy atom. The van der Waals surface area contributed by atoms with Crippen LogP contribution in [0.15, 0.2) is 24.3 Å². The van der Waals surface area contributed by atoms with Crippen LogP contribution in [0.5, 0.6) is 17.2 Å². The number of phenols is 2. The number of quaternary nitrogens is 1. The smallest absolute Gasteiger partial charge is 0.201 e. The molecule has 2 aromatic carbocycles. The van der Waals surface area contributed by atoms with Crippen molar-refractivity contribution >= 4 is 11.6 Å². The van der Waals surface area contributed by atoms with Crippen LogP contribution in [-0.4, -0.2) is 53.5 Å². The van der Waals surface area contributed by atoms with E-state index < -0.39 is 5.78 Å². The third-order valence-corrected chi connectivity index (χ3v) is 8.11. The van der Waals surface area contributed by atoms with Gasteiger partial charge in [-0.3, -0.25) is 9.59 Å². The number of phenolic OH excluding ortho intramolecular Hbond substituents is 2. The molecule has 0 saturated carbocycles. The number of fused-ring (bicyclic) bond motifs is 2. The molecule has 0 aromatic heterocycles. The molecular weight excluding hydrogens is 490 g/mol. The van der Waals surface area contributed by atoms with E-state index in [2.05, 4.69) is 20.9 Å². The van der Waals surface area contributed by atoms with Crippen molar-refractivity contribution in [1.82, 2.24) is 0 Å². The normalized spacial score (nSPS) is 12.9. The molecule has 0 radical (unpaired) electrons. The lowest BCUT2D eigenvalue weighted by Crippen LogP contribution is -2.44. The molecule has 0 saturated heterocycles. The van der Waals surface area contributed by atoms with E-state index in [9.17, 15) is 19.8 Å². The van der Waals surface area contributed by atoms with Crippen molar-refractivity contribution in [1.29, 1.82) is 0 Å². The first-order valence-corrected chi connectivity index (χ1v) is 14.9. The van der Waals surface area contributed by atoms with Crippen LogP contribution in [-0.2, 0) is 6.54 Å². The quantitative estimate of drug-likeness (QED) is 0.137. The first-order chi connectivity index (χ1) is 18.7. The summed E-state index contributed by atoms with van der Waals surface area (Å²) in [5.74, 6) is -1.14. The monoisotopic (exact) mass is 538 g/mol. The van der Waals surface area contributed by atoms with Crippen molar-refractivity contribution in [3.63, 3.8) is 0 Å². The Bertz CT molecular complexity index is 1120. The standard InChI is InChI=1S/C33H47NO5/c1-5-7-9-11-13-15-17-34(3,18-16-14-12-10-8-6-2)23-24-19-26-30(28(35)20-24)33(38)31-27(32(26)37)21-25(39-4)22-29(31)36/h19-22H,5-18,23H2,1-4H3,(H-,35,36,38)/p+1. The minimum Gasteiger partial charge on any atom is -0.507 e. The van der Waals surface area contributed by atoms with Crippen LogP contribution in [0, 0.1) is 0 Å². The summed E-state index contributed by atoms with van der Waals surface area (Å²) in [5, 5.41) is 21.4. The zero-order valence-corrected chi connectivity index (χ0v) is 24.5. The van der Waals surface area contributed by atoms with Crippen molar-refractivity contribution in [2.75, 3.05) is 27.2 Å². The first kappa shape index (κ1) is 30.7. The number of hydrogen-bond acceptors (Lipinski definition) is 5. The summed E-state index contributed by atoms with van der Waals surface area (Å²) in [4.78, 5) is 26.8. The van der Waals surface area contributed by atoms with Crippen LogP contribution in [0.4, 0.5) is 0 Å². The van der Waals surface area contributed by atoms with Gasteiger partial charge >= 0.3 is 0 Å². The molecule has 6 nitrogen and oxygen atoms in total. The van der Waals surface area contributed by atoms with Crippen molar-refractivity contribution < 1.29 is 29.0 Å². The second-order valence-corrected chi connectivity index (χ2v) is 11.5. The van der Waals surface area contributed by atoms with Gasteiger partial charge in [-0.25, -0.2) is 0 Å². The fourth-order valence-electron chi connectivity index (χ4n) is 5.86. The minimum atomic E-state index is -0.541. The highest BCUT2D eigenvalue weighted by molar-refractivity contribution is 6.30. The maximum Gasteiger partial charge on any atom is 0.201 e. The third-order valence-electron chi connectivity index (χ3n) is 8.11. The van der Waals surface area contributed by atoms with E-state index >= 15 is 0 Å². The van der Waals surface area contributed by atoms with Crippen molar-refractivity contribution in [3.8, 4) is 17.2 Å². The van der Waals surface area contributed by atoms with Gasteiger partial charge in [-0.1, -0.05) is 65.2 Å². The van der Waals surface area contributed by atoms with Gasteiger partial charge in [-0.05, 0) is 43.9 Å². The summed E-state index contributed by atoms with van der Waals surface area (Å²) in [5.41, 5.74) is 1.04. The maximum atomic E-state index is 13.5. The molecule has 0 atom stereocenters. The molecule has 0 unspecified atom stereocenters. The molecule has 3 rings (SSSR count). The Balaban J connectivity index is 1.82. The van der Waals surface area contributed by atoms with Crippen LogP contribution < -0.4 is 4.74 Å². The first-order valence-electron chi connectivity index (χ1n) is 14.9. The third kappa shape index (κ3) is 7.84. The van der Waals surface area contributed by atoms with Crippen LogP contribution in [0.1, 0.15) is 128 Å². The number of aromatic hydroxyl groups is 2. The van der Waals surface area contributed by atoms with Crippen LogP contribution in [0.2, 0.25) is 0 Å². The highest BCUT2D eigenvalue weighted by atomic mass is 16.5. The lowest BCUT2D eigenvalue weighted by Gasteiger charge is -2.35. The van der Waals surface area contributed by atoms with E-state index in [0.29, 0.717) is 12.3 Å². The Labute approximate surface area is 234 Å². The number of carbonyl (C=O) groups excluding carboxylic acids is 2. The van der Waals surface area contributed by atoms with Gasteiger partial charge in [-0.15, -0.1) is 0 Å². The Morgan fingerprint density at radius 1 is 0.667 bits per heavy atom. The fourth-order valence-corrected chi connectivity index (χ4v) is 5.86. The number of unbranched alkanes of at least 4 members (excludes halogenated alkanes) is 10. The average molecular weight is 539 g/mol. The van der Waals surface area contributed by atoms with E-state index in [1.54, 1.807) is 12.1 Å². The molecule has 0 spiro atoms. The van der Waals surface area contributed by atoms with E-state index in [0.717, 1.165) is 36.0 Å². The number of ketones is 2. The summed E-state index contributed by atoms with van der Waals surface area (Å²) < 4.78 is 6.05. The summed E-state index contributed by atoms with van der Waals surface area (Å²) in [6.45, 7) is 7.24. The number of ether oxygens (including phenoxy) is 1. The minimum absolute atomic E-state index is 0.0298. The van der Waals surface area contributed by atoms with Gasteiger partial charge in [0.2, 0.25) is 5.78 Å². The number of benzene rings is 2. The lowest BCUT2D eigenvalue weighted by atomic mass is 9.82. The molecule has 2 aromatic rings. The maximum absolute atomic E-state index is 13.5. The van der Waals surface area contributed by atoms with Crippen LogP contribution in [0.3, 0.4) is 0 Å². The average Bonchev–Trinajstić information content (AvgIpc) is 2.90. The Morgan fingerprint density at radius 2 is 1.15 bits per heavy atom. The molecule has 1 aliphatic carbocycles. The SMILES string of the molecule is CCCCCCCC[N+](C)(CCCCCCCC)Cc1cc(O)c2c(c1)C(=O)c1cc(OC)cc(O)c1C2=O. The fraction of sp³-hybridized carbons (Fsp3) is 0.576. The molecule has 0 bridgehead atoms. The highest BCUT2D eigenvalue weighted by Gasteiger charge is 2.36. The van der Waals surface area contributed by atoms with Crippen molar-refractivity contribution in [2.45, 2.75) is 97.4 Å². The highest BCUT2D eigenvalue weighted by Crippen LogP contribution is 2.39. The molecule has 0 heterocycles. The topological polar surface area (TPSA) is 83.8 Å². The van der Waals surface area contributed by atoms with E-state index in [4.69, 9.17) is 4.74 Å². The molecule has 0 amide bonds. The van der Waals surface area contributed by atoms with Gasteiger partial charge < -0.3 is 19.4 Å². The molecule has 214 valence electrons. The summed E-state index contributed by atoms with van der Waals surface area (Å²) >= 11 is 0. The molecular formula is C33H48NO5+. The Hall–Kier alpha value is -2.86. The second-order valence-electron chi connectivity index (χ2n) is 11.5. The number of nitrogens with zero attached hydrogens (tertiary/aromatic N) is 1. The second kappa shape index (κ2) is 14.5. The van der Waals surface area contributed by atoms with Gasteiger partial charge in [0.05, 0.1) is 38.4 Å². The predicted molar refractivity (Wildman–Crippen MR) is 156 cm³/mol. The number of hydrogen-bond donors (Lipinski definition) is 2. The summed E-state index contributed by atoms with van der Waals surface area (Å²) in [6, 6.07) is 6.20. The van der Waals surface area contributed by atoms with Crippen LogP contribution in [0.25, 0.3) is 0 Å². The molecule has 2 N–H and O–H groups in total. The van der Waals surface area contributed by atoms with Gasteiger partial charge in [-0.2, -0.15) is 0 Å². The summed E-state index contributed by atoms with van der Waals surface area (Å²) in [6.07, 6.45) is 14.9. The number of methoxy groups -OCH3 is 1. The molecule has 39 heavy (non-hydrogen) atoms. The largest absolute Gasteiger partial charge is 0.507 e. The van der Waals surface area contributed by atoms with Crippen molar-refractivity contribution in [3.05, 3.63) is 52.1 Å². The molecule has 1 aliphatic rings.